The molecule has 8 nitrogen and oxygen atoms in total. The number of nitrogens with zero attached hydrogens (tertiary/aromatic N) is 4. The van der Waals surface area contributed by atoms with Crippen molar-refractivity contribution in [3.05, 3.63) is 72.1 Å². The topological polar surface area (TPSA) is 73.1 Å². The number of aryl methyl sites for hydroxylation is 1. The smallest absolute Gasteiger partial charge is 0.194 e. The average molecular weight is 450 g/mol. The second-order valence-electron chi connectivity index (χ2n) is 7.82. The number of guanidine groups is 1. The SMILES string of the molecule is CCNC(=NCc1ccc(Oc2ccccc2OC)cc1)N1CCOC(c2cnn(C)c2)C1. The fraction of sp³-hybridized carbons (Fsp3) is 0.360. The van der Waals surface area contributed by atoms with Crippen molar-refractivity contribution in [2.45, 2.75) is 19.6 Å². The molecular weight excluding hydrogens is 418 g/mol. The summed E-state index contributed by atoms with van der Waals surface area (Å²) in [7, 11) is 3.56. The predicted octanol–water partition coefficient (Wildman–Crippen LogP) is 3.76. The first-order valence-corrected chi connectivity index (χ1v) is 11.2. The van der Waals surface area contributed by atoms with Gasteiger partial charge in [-0.15, -0.1) is 0 Å². The number of aromatic nitrogens is 2. The van der Waals surface area contributed by atoms with Crippen molar-refractivity contribution in [1.82, 2.24) is 20.0 Å². The van der Waals surface area contributed by atoms with E-state index in [-0.39, 0.29) is 6.10 Å². The highest BCUT2D eigenvalue weighted by Crippen LogP contribution is 2.31. The molecule has 0 saturated carbocycles. The first-order chi connectivity index (χ1) is 16.2. The van der Waals surface area contributed by atoms with Gasteiger partial charge in [0, 0.05) is 31.9 Å². The Labute approximate surface area is 194 Å². The Bertz CT molecular complexity index is 1060. The summed E-state index contributed by atoms with van der Waals surface area (Å²) in [6, 6.07) is 15.6. The lowest BCUT2D eigenvalue weighted by atomic mass is 10.1. The minimum atomic E-state index is -0.0114. The number of hydrogen-bond donors (Lipinski definition) is 1. The molecule has 174 valence electrons. The molecule has 1 aliphatic rings. The number of rotatable bonds is 7. The highest BCUT2D eigenvalue weighted by Gasteiger charge is 2.25. The molecule has 0 radical (unpaired) electrons. The maximum atomic E-state index is 5.98. The summed E-state index contributed by atoms with van der Waals surface area (Å²) >= 11 is 0. The Hall–Kier alpha value is -3.52. The van der Waals surface area contributed by atoms with Gasteiger partial charge in [-0.2, -0.15) is 5.10 Å². The summed E-state index contributed by atoms with van der Waals surface area (Å²) in [5.74, 6) is 3.04. The van der Waals surface area contributed by atoms with E-state index in [0.717, 1.165) is 42.5 Å². The van der Waals surface area contributed by atoms with Crippen LogP contribution in [-0.4, -0.2) is 54.0 Å². The number of nitrogens with one attached hydrogen (secondary N) is 1. The van der Waals surface area contributed by atoms with Gasteiger partial charge < -0.3 is 24.4 Å². The lowest BCUT2D eigenvalue weighted by molar-refractivity contribution is -0.00805. The molecule has 0 bridgehead atoms. The lowest BCUT2D eigenvalue weighted by Gasteiger charge is -2.34. The highest BCUT2D eigenvalue weighted by atomic mass is 16.5. The van der Waals surface area contributed by atoms with Crippen molar-refractivity contribution >= 4 is 5.96 Å². The number of methoxy groups -OCH3 is 1. The molecule has 3 aromatic rings. The fourth-order valence-corrected chi connectivity index (χ4v) is 3.73. The Kier molecular flexibility index (Phi) is 7.47. The zero-order chi connectivity index (χ0) is 23.0. The standard InChI is InChI=1S/C25H31N5O3/c1-4-26-25(30-13-14-32-24(18-30)20-16-28-29(2)17-20)27-15-19-9-11-21(12-10-19)33-23-8-6-5-7-22(23)31-3/h5-12,16-17,24H,4,13-15,18H2,1-3H3,(H,26,27). The van der Waals surface area contributed by atoms with Crippen LogP contribution < -0.4 is 14.8 Å². The minimum absolute atomic E-state index is 0.0114. The van der Waals surface area contributed by atoms with E-state index in [0.29, 0.717) is 24.7 Å². The maximum Gasteiger partial charge on any atom is 0.194 e. The first-order valence-electron chi connectivity index (χ1n) is 11.2. The summed E-state index contributed by atoms with van der Waals surface area (Å²) < 4.78 is 19.1. The molecule has 0 spiro atoms. The van der Waals surface area contributed by atoms with Crippen molar-refractivity contribution in [2.24, 2.45) is 12.0 Å². The second-order valence-corrected chi connectivity index (χ2v) is 7.82. The molecule has 4 rings (SSSR count). The third-order valence-electron chi connectivity index (χ3n) is 5.43. The number of morpholine rings is 1. The number of ether oxygens (including phenoxy) is 3. The van der Waals surface area contributed by atoms with E-state index >= 15 is 0 Å². The molecule has 2 aromatic carbocycles. The molecule has 1 N–H and O–H groups in total. The van der Waals surface area contributed by atoms with Gasteiger partial charge in [-0.1, -0.05) is 24.3 Å². The number of aliphatic imine (C=N–C) groups is 1. The third kappa shape index (κ3) is 5.84. The van der Waals surface area contributed by atoms with E-state index in [4.69, 9.17) is 19.2 Å². The van der Waals surface area contributed by atoms with Crippen LogP contribution >= 0.6 is 0 Å². The molecule has 1 aliphatic heterocycles. The van der Waals surface area contributed by atoms with Crippen LogP contribution in [0.5, 0.6) is 17.2 Å². The largest absolute Gasteiger partial charge is 0.493 e. The van der Waals surface area contributed by atoms with Crippen LogP contribution in [0.1, 0.15) is 24.2 Å². The molecule has 8 heteroatoms. The highest BCUT2D eigenvalue weighted by molar-refractivity contribution is 5.80. The van der Waals surface area contributed by atoms with Gasteiger partial charge in [0.05, 0.1) is 33.0 Å². The van der Waals surface area contributed by atoms with Crippen molar-refractivity contribution < 1.29 is 14.2 Å². The Morgan fingerprint density at radius 3 is 2.67 bits per heavy atom. The molecule has 2 heterocycles. The Morgan fingerprint density at radius 2 is 1.97 bits per heavy atom. The van der Waals surface area contributed by atoms with E-state index < -0.39 is 0 Å². The van der Waals surface area contributed by atoms with Crippen molar-refractivity contribution in [3.8, 4) is 17.2 Å². The maximum absolute atomic E-state index is 5.98. The molecule has 0 aliphatic carbocycles. The molecule has 0 amide bonds. The number of benzene rings is 2. The fourth-order valence-electron chi connectivity index (χ4n) is 3.73. The quantitative estimate of drug-likeness (QED) is 0.437. The van der Waals surface area contributed by atoms with E-state index in [1.165, 1.54) is 0 Å². The Balaban J connectivity index is 1.41. The molecule has 1 fully saturated rings. The summed E-state index contributed by atoms with van der Waals surface area (Å²) in [5, 5.41) is 7.69. The number of hydrogen-bond acceptors (Lipinski definition) is 5. The van der Waals surface area contributed by atoms with E-state index in [9.17, 15) is 0 Å². The van der Waals surface area contributed by atoms with Crippen molar-refractivity contribution in [3.63, 3.8) is 0 Å². The Morgan fingerprint density at radius 1 is 1.18 bits per heavy atom. The predicted molar refractivity (Wildman–Crippen MR) is 128 cm³/mol. The molecule has 1 unspecified atom stereocenters. The van der Waals surface area contributed by atoms with Gasteiger partial charge in [-0.25, -0.2) is 4.99 Å². The van der Waals surface area contributed by atoms with Crippen LogP contribution in [0.25, 0.3) is 0 Å². The van der Waals surface area contributed by atoms with Gasteiger partial charge in [0.1, 0.15) is 11.9 Å². The van der Waals surface area contributed by atoms with Crippen LogP contribution in [0, 0.1) is 0 Å². The van der Waals surface area contributed by atoms with Gasteiger partial charge in [-0.05, 0) is 36.8 Å². The lowest BCUT2D eigenvalue weighted by Crippen LogP contribution is -2.48. The summed E-state index contributed by atoms with van der Waals surface area (Å²) in [5.41, 5.74) is 2.19. The third-order valence-corrected chi connectivity index (χ3v) is 5.43. The van der Waals surface area contributed by atoms with E-state index in [2.05, 4.69) is 22.2 Å². The summed E-state index contributed by atoms with van der Waals surface area (Å²) in [6.07, 6.45) is 3.86. The van der Waals surface area contributed by atoms with Crippen LogP contribution in [-0.2, 0) is 18.3 Å². The van der Waals surface area contributed by atoms with Crippen molar-refractivity contribution in [1.29, 1.82) is 0 Å². The zero-order valence-electron chi connectivity index (χ0n) is 19.4. The van der Waals surface area contributed by atoms with Crippen LogP contribution in [0.3, 0.4) is 0 Å². The van der Waals surface area contributed by atoms with E-state index in [1.807, 2.05) is 68.0 Å². The average Bonchev–Trinajstić information content (AvgIpc) is 3.29. The molecule has 1 atom stereocenters. The van der Waals surface area contributed by atoms with E-state index in [1.54, 1.807) is 11.8 Å². The molecule has 1 saturated heterocycles. The summed E-state index contributed by atoms with van der Waals surface area (Å²) in [6.45, 7) is 5.65. The molecule has 33 heavy (non-hydrogen) atoms. The van der Waals surface area contributed by atoms with Crippen molar-refractivity contribution in [2.75, 3.05) is 33.4 Å². The minimum Gasteiger partial charge on any atom is -0.493 e. The zero-order valence-corrected chi connectivity index (χ0v) is 19.4. The summed E-state index contributed by atoms with van der Waals surface area (Å²) in [4.78, 5) is 7.13. The van der Waals surface area contributed by atoms with Gasteiger partial charge in [-0.3, -0.25) is 4.68 Å². The molecular formula is C25H31N5O3. The monoisotopic (exact) mass is 449 g/mol. The van der Waals surface area contributed by atoms with Crippen LogP contribution in [0.4, 0.5) is 0 Å². The van der Waals surface area contributed by atoms with Crippen LogP contribution in [0.2, 0.25) is 0 Å². The normalized spacial score (nSPS) is 16.5. The van der Waals surface area contributed by atoms with Gasteiger partial charge >= 0.3 is 0 Å². The number of para-hydroxylation sites is 2. The van der Waals surface area contributed by atoms with Crippen LogP contribution in [0.15, 0.2) is 65.9 Å². The van der Waals surface area contributed by atoms with Gasteiger partial charge in [0.15, 0.2) is 17.5 Å². The van der Waals surface area contributed by atoms with Gasteiger partial charge in [0.2, 0.25) is 0 Å². The second kappa shape index (κ2) is 10.9. The first kappa shape index (κ1) is 22.7. The molecule has 1 aromatic heterocycles. The van der Waals surface area contributed by atoms with Gasteiger partial charge in [0.25, 0.3) is 0 Å².